The fraction of sp³-hybridized carbons (Fsp3) is 0.900. The predicted molar refractivity (Wildman–Crippen MR) is 60.7 cm³/mol. The molecule has 2 rings (SSSR count). The van der Waals surface area contributed by atoms with Crippen LogP contribution in [0.4, 0.5) is 0 Å². The second-order valence-corrected chi connectivity index (χ2v) is 6.88. The number of nitrogens with one attached hydrogen (secondary N) is 1. The largest absolute Gasteiger partial charge is 0.299 e. The Balaban J connectivity index is 1.78. The van der Waals surface area contributed by atoms with Crippen molar-refractivity contribution in [2.75, 3.05) is 31.1 Å². The molecule has 0 aromatic rings. The Hall–Kier alpha value is -0.640. The van der Waals surface area contributed by atoms with Crippen LogP contribution in [0.3, 0.4) is 0 Å². The lowest BCUT2D eigenvalue weighted by Crippen LogP contribution is -2.47. The normalized spacial score (nSPS) is 27.2. The summed E-state index contributed by atoms with van der Waals surface area (Å²) in [6, 6.07) is 2.59. The van der Waals surface area contributed by atoms with E-state index in [4.69, 9.17) is 5.26 Å². The van der Waals surface area contributed by atoms with Crippen LogP contribution in [-0.4, -0.2) is 56.5 Å². The molecule has 1 N–H and O–H groups in total. The summed E-state index contributed by atoms with van der Waals surface area (Å²) < 4.78 is 22.5. The predicted octanol–water partition coefficient (Wildman–Crippen LogP) is -0.639. The van der Waals surface area contributed by atoms with Crippen molar-refractivity contribution >= 4 is 9.84 Å². The average Bonchev–Trinajstić information content (AvgIpc) is 3.04. The van der Waals surface area contributed by atoms with E-state index in [1.807, 2.05) is 0 Å². The lowest BCUT2D eigenvalue weighted by Gasteiger charge is -2.28. The molecule has 1 unspecified atom stereocenters. The molecule has 16 heavy (non-hydrogen) atoms. The Morgan fingerprint density at radius 1 is 1.38 bits per heavy atom. The van der Waals surface area contributed by atoms with E-state index >= 15 is 0 Å². The highest BCUT2D eigenvalue weighted by Gasteiger charge is 2.27. The van der Waals surface area contributed by atoms with Gasteiger partial charge in [-0.15, -0.1) is 0 Å². The molecule has 1 saturated carbocycles. The first-order valence-electron chi connectivity index (χ1n) is 5.67. The summed E-state index contributed by atoms with van der Waals surface area (Å²) >= 11 is 0. The van der Waals surface area contributed by atoms with Gasteiger partial charge in [-0.3, -0.25) is 10.2 Å². The molecule has 1 saturated heterocycles. The molecule has 2 aliphatic rings. The molecule has 0 amide bonds. The zero-order chi connectivity index (χ0) is 11.6. The number of hydrogen-bond donors (Lipinski definition) is 1. The Morgan fingerprint density at radius 2 is 2.00 bits per heavy atom. The number of hydrogen-bond acceptors (Lipinski definition) is 5. The monoisotopic (exact) mass is 243 g/mol. The van der Waals surface area contributed by atoms with Crippen LogP contribution in [0.25, 0.3) is 0 Å². The Morgan fingerprint density at radius 3 is 2.50 bits per heavy atom. The third-order valence-electron chi connectivity index (χ3n) is 3.05. The SMILES string of the molecule is N#CC(CN1CCS(=O)(=O)CC1)NC1CC1. The van der Waals surface area contributed by atoms with Gasteiger partial charge in [0.15, 0.2) is 9.84 Å². The van der Waals surface area contributed by atoms with Gasteiger partial charge in [0.05, 0.1) is 17.6 Å². The molecule has 6 heteroatoms. The molecule has 90 valence electrons. The smallest absolute Gasteiger partial charge is 0.152 e. The Kier molecular flexibility index (Phi) is 3.47. The van der Waals surface area contributed by atoms with Crippen LogP contribution in [-0.2, 0) is 9.84 Å². The van der Waals surface area contributed by atoms with Gasteiger partial charge in [0.2, 0.25) is 0 Å². The lowest BCUT2D eigenvalue weighted by molar-refractivity contribution is 0.276. The number of nitriles is 1. The van der Waals surface area contributed by atoms with Crippen LogP contribution >= 0.6 is 0 Å². The van der Waals surface area contributed by atoms with Gasteiger partial charge in [0.1, 0.15) is 6.04 Å². The summed E-state index contributed by atoms with van der Waals surface area (Å²) in [7, 11) is -2.81. The second-order valence-electron chi connectivity index (χ2n) is 4.58. The first kappa shape index (κ1) is 11.8. The average molecular weight is 243 g/mol. The van der Waals surface area contributed by atoms with Gasteiger partial charge in [0.25, 0.3) is 0 Å². The second kappa shape index (κ2) is 4.70. The van der Waals surface area contributed by atoms with E-state index in [9.17, 15) is 8.42 Å². The van der Waals surface area contributed by atoms with Crippen molar-refractivity contribution in [1.29, 1.82) is 5.26 Å². The van der Waals surface area contributed by atoms with Crippen molar-refractivity contribution in [3.63, 3.8) is 0 Å². The van der Waals surface area contributed by atoms with E-state index in [2.05, 4.69) is 16.3 Å². The van der Waals surface area contributed by atoms with Crippen LogP contribution in [0.2, 0.25) is 0 Å². The molecule has 1 heterocycles. The molecular weight excluding hydrogens is 226 g/mol. The fourth-order valence-corrected chi connectivity index (χ4v) is 3.13. The van der Waals surface area contributed by atoms with Crippen molar-refractivity contribution < 1.29 is 8.42 Å². The van der Waals surface area contributed by atoms with Gasteiger partial charge in [-0.05, 0) is 12.8 Å². The van der Waals surface area contributed by atoms with Crippen LogP contribution in [0, 0.1) is 11.3 Å². The molecule has 0 aromatic heterocycles. The lowest BCUT2D eigenvalue weighted by atomic mass is 10.3. The Labute approximate surface area is 96.3 Å². The quantitative estimate of drug-likeness (QED) is 0.711. The minimum atomic E-state index is -2.81. The van der Waals surface area contributed by atoms with Gasteiger partial charge in [-0.25, -0.2) is 8.42 Å². The maximum absolute atomic E-state index is 11.2. The van der Waals surface area contributed by atoms with Crippen LogP contribution in [0.1, 0.15) is 12.8 Å². The van der Waals surface area contributed by atoms with E-state index in [0.717, 1.165) is 12.8 Å². The topological polar surface area (TPSA) is 73.2 Å². The molecule has 1 aliphatic carbocycles. The number of nitrogens with zero attached hydrogens (tertiary/aromatic N) is 2. The summed E-state index contributed by atoms with van der Waals surface area (Å²) in [4.78, 5) is 2.06. The first-order valence-corrected chi connectivity index (χ1v) is 7.50. The van der Waals surface area contributed by atoms with E-state index in [0.29, 0.717) is 25.7 Å². The highest BCUT2D eigenvalue weighted by molar-refractivity contribution is 7.91. The summed E-state index contributed by atoms with van der Waals surface area (Å²) in [5, 5.41) is 12.2. The van der Waals surface area contributed by atoms with E-state index in [1.165, 1.54) is 0 Å². The van der Waals surface area contributed by atoms with Gasteiger partial charge < -0.3 is 0 Å². The highest BCUT2D eigenvalue weighted by Crippen LogP contribution is 2.19. The maximum atomic E-state index is 11.2. The first-order chi connectivity index (χ1) is 7.59. The van der Waals surface area contributed by atoms with Gasteiger partial charge in [-0.1, -0.05) is 0 Å². The maximum Gasteiger partial charge on any atom is 0.152 e. The van der Waals surface area contributed by atoms with E-state index in [-0.39, 0.29) is 17.5 Å². The summed E-state index contributed by atoms with van der Waals surface area (Å²) in [6.07, 6.45) is 2.32. The summed E-state index contributed by atoms with van der Waals surface area (Å²) in [6.45, 7) is 1.77. The van der Waals surface area contributed by atoms with E-state index in [1.54, 1.807) is 0 Å². The van der Waals surface area contributed by atoms with Crippen LogP contribution < -0.4 is 5.32 Å². The molecule has 1 atom stereocenters. The van der Waals surface area contributed by atoms with Crippen molar-refractivity contribution in [2.45, 2.75) is 24.9 Å². The van der Waals surface area contributed by atoms with Gasteiger partial charge in [0, 0.05) is 25.7 Å². The van der Waals surface area contributed by atoms with E-state index < -0.39 is 9.84 Å². The molecule has 0 spiro atoms. The minimum Gasteiger partial charge on any atom is -0.299 e. The summed E-state index contributed by atoms with van der Waals surface area (Å²) in [5.41, 5.74) is 0. The zero-order valence-electron chi connectivity index (χ0n) is 9.22. The van der Waals surface area contributed by atoms with Crippen molar-refractivity contribution in [1.82, 2.24) is 10.2 Å². The van der Waals surface area contributed by atoms with Crippen LogP contribution in [0.15, 0.2) is 0 Å². The van der Waals surface area contributed by atoms with Crippen molar-refractivity contribution in [3.8, 4) is 6.07 Å². The van der Waals surface area contributed by atoms with Crippen molar-refractivity contribution in [2.24, 2.45) is 0 Å². The third kappa shape index (κ3) is 3.44. The standard InChI is InChI=1S/C10H17N3O2S/c11-7-10(12-9-1-2-9)8-13-3-5-16(14,15)6-4-13/h9-10,12H,1-6,8H2. The van der Waals surface area contributed by atoms with Crippen LogP contribution in [0.5, 0.6) is 0 Å². The summed E-state index contributed by atoms with van der Waals surface area (Å²) in [5.74, 6) is 0.461. The molecule has 2 fully saturated rings. The Bertz CT molecular complexity index is 369. The number of sulfone groups is 1. The minimum absolute atomic E-state index is 0.159. The molecule has 5 nitrogen and oxygen atoms in total. The highest BCUT2D eigenvalue weighted by atomic mass is 32.2. The number of rotatable bonds is 4. The molecule has 0 radical (unpaired) electrons. The molecule has 0 aromatic carbocycles. The molecular formula is C10H17N3O2S. The van der Waals surface area contributed by atoms with Gasteiger partial charge in [-0.2, -0.15) is 5.26 Å². The molecule has 0 bridgehead atoms. The zero-order valence-corrected chi connectivity index (χ0v) is 10.0. The van der Waals surface area contributed by atoms with Crippen molar-refractivity contribution in [3.05, 3.63) is 0 Å². The molecule has 1 aliphatic heterocycles. The fourth-order valence-electron chi connectivity index (χ4n) is 1.86. The third-order valence-corrected chi connectivity index (χ3v) is 4.66. The van der Waals surface area contributed by atoms with Gasteiger partial charge >= 0.3 is 0 Å².